The molecule has 2 heterocycles. The minimum absolute atomic E-state index is 0.0383. The average Bonchev–Trinajstić information content (AvgIpc) is 2.94. The third kappa shape index (κ3) is 5.51. The second-order valence-electron chi connectivity index (χ2n) is 7.18. The van der Waals surface area contributed by atoms with Crippen LogP contribution >= 0.6 is 0 Å². The molecule has 3 N–H and O–H groups in total. The summed E-state index contributed by atoms with van der Waals surface area (Å²) in [4.78, 5) is 26.6. The quantitative estimate of drug-likeness (QED) is 0.670. The monoisotopic (exact) mass is 369 g/mol. The number of aryl methyl sites for hydroxylation is 1. The first-order valence-electron chi connectivity index (χ1n) is 9.28. The summed E-state index contributed by atoms with van der Waals surface area (Å²) in [5.41, 5.74) is 5.20. The number of hydrogen-bond acceptors (Lipinski definition) is 6. The fourth-order valence-electron chi connectivity index (χ4n) is 3.01. The molecule has 2 rings (SSSR count). The fraction of sp³-hybridized carbons (Fsp3) is 0.778. The molecule has 1 aromatic rings. The Morgan fingerprint density at radius 3 is 2.65 bits per heavy atom. The summed E-state index contributed by atoms with van der Waals surface area (Å²) in [6.07, 6.45) is 2.47. The molecule has 1 saturated heterocycles. The number of nitrogens with one attached hydrogen (secondary N) is 1. The summed E-state index contributed by atoms with van der Waals surface area (Å²) in [5.74, 6) is 0. The molecule has 148 valence electrons. The molecule has 1 aliphatic heterocycles. The Kier molecular flexibility index (Phi) is 7.57. The third-order valence-corrected chi connectivity index (χ3v) is 4.22. The Morgan fingerprint density at radius 1 is 1.31 bits per heavy atom. The molecule has 8 nitrogen and oxygen atoms in total. The van der Waals surface area contributed by atoms with Crippen molar-refractivity contribution < 1.29 is 14.2 Å². The van der Waals surface area contributed by atoms with Crippen molar-refractivity contribution in [1.82, 2.24) is 9.55 Å². The lowest BCUT2D eigenvalue weighted by molar-refractivity contribution is -0.0963. The average molecular weight is 369 g/mol. The topological polar surface area (TPSA) is 109 Å². The van der Waals surface area contributed by atoms with Crippen LogP contribution in [0.25, 0.3) is 0 Å². The van der Waals surface area contributed by atoms with Gasteiger partial charge in [-0.2, -0.15) is 0 Å². The lowest BCUT2D eigenvalue weighted by Crippen LogP contribution is -2.34. The maximum Gasteiger partial charge on any atom is 0.330 e. The van der Waals surface area contributed by atoms with Crippen molar-refractivity contribution in [1.29, 1.82) is 0 Å². The maximum atomic E-state index is 12.3. The van der Waals surface area contributed by atoms with Gasteiger partial charge in [0.2, 0.25) is 0 Å². The van der Waals surface area contributed by atoms with E-state index in [-0.39, 0.29) is 30.0 Å². The molecule has 0 aromatic carbocycles. The highest BCUT2D eigenvalue weighted by atomic mass is 16.6. The van der Waals surface area contributed by atoms with Crippen molar-refractivity contribution in [2.45, 2.75) is 77.6 Å². The van der Waals surface area contributed by atoms with Gasteiger partial charge >= 0.3 is 5.69 Å². The Balaban J connectivity index is 2.21. The Labute approximate surface area is 153 Å². The van der Waals surface area contributed by atoms with Gasteiger partial charge in [0.15, 0.2) is 0 Å². The molecule has 3 atom stereocenters. The maximum absolute atomic E-state index is 12.3. The summed E-state index contributed by atoms with van der Waals surface area (Å²) in [7, 11) is 0. The summed E-state index contributed by atoms with van der Waals surface area (Å²) in [5, 5.41) is 0. The highest BCUT2D eigenvalue weighted by molar-refractivity contribution is 5.05. The van der Waals surface area contributed by atoms with Gasteiger partial charge in [0, 0.05) is 18.2 Å². The highest BCUT2D eigenvalue weighted by Gasteiger charge is 2.38. The molecule has 0 saturated carbocycles. The number of H-pyrrole nitrogens is 1. The highest BCUT2D eigenvalue weighted by Crippen LogP contribution is 2.31. The predicted molar refractivity (Wildman–Crippen MR) is 98.3 cm³/mol. The Bertz CT molecular complexity index is 682. The van der Waals surface area contributed by atoms with E-state index in [1.54, 1.807) is 6.20 Å². The number of nitrogens with two attached hydrogens (primary N) is 1. The Hall–Kier alpha value is -1.48. The molecule has 1 fully saturated rings. The van der Waals surface area contributed by atoms with E-state index >= 15 is 0 Å². The molecular weight excluding hydrogens is 338 g/mol. The van der Waals surface area contributed by atoms with Crippen molar-refractivity contribution in [3.8, 4) is 0 Å². The summed E-state index contributed by atoms with van der Waals surface area (Å²) >= 11 is 0. The number of rotatable bonds is 9. The van der Waals surface area contributed by atoms with Gasteiger partial charge in [0.25, 0.3) is 5.56 Å². The lowest BCUT2D eigenvalue weighted by Gasteiger charge is -2.21. The van der Waals surface area contributed by atoms with Gasteiger partial charge in [0.1, 0.15) is 12.3 Å². The third-order valence-electron chi connectivity index (χ3n) is 4.22. The van der Waals surface area contributed by atoms with Crippen LogP contribution in [0, 0.1) is 0 Å². The summed E-state index contributed by atoms with van der Waals surface area (Å²) < 4.78 is 19.1. The first kappa shape index (κ1) is 20.8. The van der Waals surface area contributed by atoms with E-state index in [1.165, 1.54) is 4.57 Å². The molecule has 0 bridgehead atoms. The molecule has 1 aliphatic rings. The predicted octanol–water partition coefficient (Wildman–Crippen LogP) is 0.934. The number of aromatic amines is 1. The molecule has 0 amide bonds. The second kappa shape index (κ2) is 9.45. The van der Waals surface area contributed by atoms with Crippen molar-refractivity contribution in [2.75, 3.05) is 13.2 Å². The van der Waals surface area contributed by atoms with Crippen LogP contribution in [0.2, 0.25) is 0 Å². The van der Waals surface area contributed by atoms with Gasteiger partial charge in [-0.15, -0.1) is 0 Å². The molecule has 0 radical (unpaired) electrons. The van der Waals surface area contributed by atoms with Crippen LogP contribution in [-0.2, 0) is 20.6 Å². The molecule has 0 aliphatic carbocycles. The van der Waals surface area contributed by atoms with Crippen LogP contribution in [0.15, 0.2) is 15.8 Å². The molecule has 26 heavy (non-hydrogen) atoms. The van der Waals surface area contributed by atoms with E-state index in [4.69, 9.17) is 19.9 Å². The number of nitrogens with zero attached hydrogens (tertiary/aromatic N) is 1. The SMILES string of the molecule is CC(C)OC[C@H]1OC(n2cc(CCCN)c(=O)[nH]c2=O)CC1OC(C)C. The fourth-order valence-corrected chi connectivity index (χ4v) is 3.01. The zero-order chi connectivity index (χ0) is 19.3. The number of ether oxygens (including phenoxy) is 3. The van der Waals surface area contributed by atoms with Crippen molar-refractivity contribution in [3.63, 3.8) is 0 Å². The van der Waals surface area contributed by atoms with Crippen molar-refractivity contribution in [2.24, 2.45) is 5.73 Å². The van der Waals surface area contributed by atoms with Crippen LogP contribution in [0.1, 0.15) is 52.3 Å². The first-order chi connectivity index (χ1) is 12.3. The molecule has 8 heteroatoms. The van der Waals surface area contributed by atoms with Gasteiger partial charge < -0.3 is 19.9 Å². The van der Waals surface area contributed by atoms with Crippen LogP contribution in [0.3, 0.4) is 0 Å². The minimum atomic E-state index is -0.500. The Morgan fingerprint density at radius 2 is 2.04 bits per heavy atom. The first-order valence-corrected chi connectivity index (χ1v) is 9.28. The zero-order valence-electron chi connectivity index (χ0n) is 16.1. The number of hydrogen-bond donors (Lipinski definition) is 2. The molecule has 0 spiro atoms. The van der Waals surface area contributed by atoms with E-state index in [2.05, 4.69) is 4.98 Å². The van der Waals surface area contributed by atoms with Gasteiger partial charge in [-0.1, -0.05) is 0 Å². The van der Waals surface area contributed by atoms with Crippen LogP contribution < -0.4 is 17.0 Å². The second-order valence-corrected chi connectivity index (χ2v) is 7.18. The van der Waals surface area contributed by atoms with Gasteiger partial charge in [-0.3, -0.25) is 14.3 Å². The van der Waals surface area contributed by atoms with Gasteiger partial charge in [-0.05, 0) is 47.1 Å². The van der Waals surface area contributed by atoms with E-state index in [1.807, 2.05) is 27.7 Å². The van der Waals surface area contributed by atoms with Crippen LogP contribution in [0.4, 0.5) is 0 Å². The smallest absolute Gasteiger partial charge is 0.330 e. The van der Waals surface area contributed by atoms with E-state index in [9.17, 15) is 9.59 Å². The largest absolute Gasteiger partial charge is 0.376 e. The molecular formula is C18H31N3O5. The summed E-state index contributed by atoms with van der Waals surface area (Å²) in [6, 6.07) is 0. The van der Waals surface area contributed by atoms with Gasteiger partial charge in [0.05, 0.1) is 24.9 Å². The van der Waals surface area contributed by atoms with E-state index in [0.29, 0.717) is 38.0 Å². The molecule has 1 aromatic heterocycles. The molecule has 2 unspecified atom stereocenters. The normalized spacial score (nSPS) is 23.3. The van der Waals surface area contributed by atoms with Crippen molar-refractivity contribution in [3.05, 3.63) is 32.6 Å². The zero-order valence-corrected chi connectivity index (χ0v) is 16.1. The minimum Gasteiger partial charge on any atom is -0.376 e. The number of aromatic nitrogens is 2. The van der Waals surface area contributed by atoms with E-state index in [0.717, 1.165) is 0 Å². The summed E-state index contributed by atoms with van der Waals surface area (Å²) in [6.45, 7) is 8.72. The van der Waals surface area contributed by atoms with E-state index < -0.39 is 11.9 Å². The van der Waals surface area contributed by atoms with Crippen molar-refractivity contribution >= 4 is 0 Å². The standard InChI is InChI=1S/C18H31N3O5/c1-11(2)24-10-15-14(25-12(3)4)8-16(26-15)21-9-13(6-5-7-19)17(22)20-18(21)23/h9,11-12,14-16H,5-8,10,19H2,1-4H3,(H,20,22,23)/t14?,15-,16?/m1/s1. The lowest BCUT2D eigenvalue weighted by atomic mass is 10.1. The van der Waals surface area contributed by atoms with Crippen LogP contribution in [-0.4, -0.2) is 47.1 Å². The van der Waals surface area contributed by atoms with Gasteiger partial charge in [-0.25, -0.2) is 4.79 Å². The van der Waals surface area contributed by atoms with Crippen LogP contribution in [0.5, 0.6) is 0 Å².